The van der Waals surface area contributed by atoms with E-state index in [2.05, 4.69) is 67.5 Å². The maximum atomic E-state index is 3.36. The molecule has 2 atom stereocenters. The molecule has 0 aromatic rings. The summed E-state index contributed by atoms with van der Waals surface area (Å²) in [5.41, 5.74) is 8.49. The summed E-state index contributed by atoms with van der Waals surface area (Å²) in [6.07, 6.45) is 6.72. The molecule has 0 fully saturated rings. The molecule has 2 unspecified atom stereocenters. The van der Waals surface area contributed by atoms with Crippen molar-refractivity contribution in [3.8, 4) is 0 Å². The van der Waals surface area contributed by atoms with Crippen LogP contribution in [-0.2, 0) is 26.2 Å². The van der Waals surface area contributed by atoms with Gasteiger partial charge in [0, 0.05) is 0 Å². The molecular formula is C18H28Cl2Zr. The van der Waals surface area contributed by atoms with Gasteiger partial charge in [-0.3, -0.25) is 12.2 Å². The molecule has 0 aliphatic heterocycles. The van der Waals surface area contributed by atoms with Crippen molar-refractivity contribution in [3.63, 3.8) is 0 Å². The van der Waals surface area contributed by atoms with Crippen molar-refractivity contribution in [2.75, 3.05) is 0 Å². The van der Waals surface area contributed by atoms with Crippen LogP contribution in [-0.4, -0.2) is 0 Å². The molecule has 0 radical (unpaired) electrons. The van der Waals surface area contributed by atoms with Crippen LogP contribution in [0.4, 0.5) is 0 Å². The van der Waals surface area contributed by atoms with Crippen LogP contribution in [0.25, 0.3) is 0 Å². The molecule has 0 amide bonds. The number of hydrogen-bond acceptors (Lipinski definition) is 0. The van der Waals surface area contributed by atoms with E-state index in [1.165, 1.54) is 33.4 Å². The molecule has 0 saturated heterocycles. The predicted molar refractivity (Wildman–Crippen MR) is 94.4 cm³/mol. The molecule has 0 nitrogen and oxygen atoms in total. The van der Waals surface area contributed by atoms with Crippen molar-refractivity contribution >= 4 is 24.8 Å². The first-order chi connectivity index (χ1) is 8.25. The summed E-state index contributed by atoms with van der Waals surface area (Å²) in [4.78, 5) is 0. The van der Waals surface area contributed by atoms with Crippen LogP contribution in [0.3, 0.4) is 0 Å². The molecule has 0 saturated carbocycles. The second kappa shape index (κ2) is 11.0. The molecule has 2 aliphatic rings. The first-order valence-corrected chi connectivity index (χ1v) is 6.81. The molecule has 0 aromatic heterocycles. The van der Waals surface area contributed by atoms with Crippen LogP contribution in [0.1, 0.15) is 55.4 Å². The Morgan fingerprint density at radius 1 is 0.619 bits per heavy atom. The molecule has 0 heterocycles. The van der Waals surface area contributed by atoms with Gasteiger partial charge in [0.2, 0.25) is 0 Å². The van der Waals surface area contributed by atoms with Crippen LogP contribution >= 0.6 is 24.8 Å². The molecule has 118 valence electrons. The Balaban J connectivity index is -0.000000270. The third kappa shape index (κ3) is 6.59. The third-order valence-corrected chi connectivity index (χ3v) is 4.47. The molecule has 3 heteroatoms. The van der Waals surface area contributed by atoms with Crippen LogP contribution < -0.4 is 0 Å². The van der Waals surface area contributed by atoms with Gasteiger partial charge in [0.1, 0.15) is 0 Å². The normalized spacial score (nSPS) is 23.2. The molecule has 0 N–H and O–H groups in total. The number of rotatable bonds is 0. The largest absolute Gasteiger partial charge is 2.00 e. The van der Waals surface area contributed by atoms with Crippen molar-refractivity contribution in [2.45, 2.75) is 55.4 Å². The zero-order valence-electron chi connectivity index (χ0n) is 14.5. The van der Waals surface area contributed by atoms with Gasteiger partial charge in [-0.25, -0.2) is 11.1 Å². The van der Waals surface area contributed by atoms with Crippen LogP contribution in [0.15, 0.2) is 33.4 Å². The van der Waals surface area contributed by atoms with E-state index in [1.54, 1.807) is 0 Å². The van der Waals surface area contributed by atoms with Crippen LogP contribution in [0.5, 0.6) is 0 Å². The van der Waals surface area contributed by atoms with Gasteiger partial charge in [0.05, 0.1) is 0 Å². The molecule has 0 bridgehead atoms. The van der Waals surface area contributed by atoms with Crippen molar-refractivity contribution in [1.29, 1.82) is 0 Å². The Bertz CT molecular complexity index is 424. The molecule has 0 spiro atoms. The van der Waals surface area contributed by atoms with Gasteiger partial charge in [0.25, 0.3) is 0 Å². The summed E-state index contributed by atoms with van der Waals surface area (Å²) in [5.74, 6) is 1.12. The molecular weight excluding hydrogens is 378 g/mol. The minimum absolute atomic E-state index is 0. The maximum absolute atomic E-state index is 3.36. The van der Waals surface area contributed by atoms with Crippen LogP contribution in [0.2, 0.25) is 0 Å². The predicted octanol–water partition coefficient (Wildman–Crippen LogP) is 6.29. The topological polar surface area (TPSA) is 0 Å². The van der Waals surface area contributed by atoms with Gasteiger partial charge >= 0.3 is 26.2 Å². The van der Waals surface area contributed by atoms with Gasteiger partial charge in [-0.15, -0.1) is 38.7 Å². The molecule has 2 rings (SSSR count). The average molecular weight is 407 g/mol. The van der Waals surface area contributed by atoms with E-state index in [0.29, 0.717) is 11.8 Å². The smallest absolute Gasteiger partial charge is 0.266 e. The van der Waals surface area contributed by atoms with Crippen LogP contribution in [0, 0.1) is 24.0 Å². The minimum Gasteiger partial charge on any atom is -0.266 e. The fourth-order valence-corrected chi connectivity index (χ4v) is 2.32. The van der Waals surface area contributed by atoms with Crippen molar-refractivity contribution < 1.29 is 26.2 Å². The van der Waals surface area contributed by atoms with Gasteiger partial charge < -0.3 is 0 Å². The van der Waals surface area contributed by atoms with Gasteiger partial charge in [-0.2, -0.15) is 22.3 Å². The Hall–Kier alpha value is 0.423. The van der Waals surface area contributed by atoms with Crippen molar-refractivity contribution in [2.24, 2.45) is 11.8 Å². The summed E-state index contributed by atoms with van der Waals surface area (Å²) < 4.78 is 0. The first-order valence-electron chi connectivity index (χ1n) is 6.81. The Labute approximate surface area is 163 Å². The minimum atomic E-state index is 0. The maximum Gasteiger partial charge on any atom is 2.00 e. The second-order valence-electron chi connectivity index (χ2n) is 5.60. The molecule has 0 aromatic carbocycles. The first kappa shape index (κ1) is 26.3. The van der Waals surface area contributed by atoms with E-state index >= 15 is 0 Å². The Morgan fingerprint density at radius 2 is 0.857 bits per heavy atom. The van der Waals surface area contributed by atoms with E-state index in [0.717, 1.165) is 0 Å². The summed E-state index contributed by atoms with van der Waals surface area (Å²) in [5, 5.41) is 0. The Morgan fingerprint density at radius 3 is 0.905 bits per heavy atom. The third-order valence-electron chi connectivity index (χ3n) is 4.47. The fraction of sp³-hybridized carbons (Fsp3) is 0.556. The van der Waals surface area contributed by atoms with E-state index in [4.69, 9.17) is 0 Å². The molecule has 2 aliphatic carbocycles. The quantitative estimate of drug-likeness (QED) is 0.415. The van der Waals surface area contributed by atoms with Gasteiger partial charge in [-0.1, -0.05) is 53.4 Å². The van der Waals surface area contributed by atoms with E-state index in [1.807, 2.05) is 0 Å². The summed E-state index contributed by atoms with van der Waals surface area (Å²) in [6.45, 7) is 17.3. The number of halogens is 2. The summed E-state index contributed by atoms with van der Waals surface area (Å²) >= 11 is 0. The number of hydrogen-bond donors (Lipinski definition) is 0. The monoisotopic (exact) mass is 404 g/mol. The van der Waals surface area contributed by atoms with E-state index < -0.39 is 0 Å². The van der Waals surface area contributed by atoms with Gasteiger partial charge in [-0.05, 0) is 0 Å². The van der Waals surface area contributed by atoms with Crippen molar-refractivity contribution in [3.05, 3.63) is 45.6 Å². The van der Waals surface area contributed by atoms with Gasteiger partial charge in [0.15, 0.2) is 0 Å². The fourth-order valence-electron chi connectivity index (χ4n) is 2.32. The average Bonchev–Trinajstić information content (AvgIpc) is 2.66. The summed E-state index contributed by atoms with van der Waals surface area (Å²) in [6, 6.07) is 0. The van der Waals surface area contributed by atoms with E-state index in [-0.39, 0.29) is 51.0 Å². The number of allylic oxidation sites excluding steroid dienone is 8. The standard InChI is InChI=1S/2C9H13.2ClH.Zr/c2*1-6-5-7(2)9(4)8(6)3;;;/h2*6H,1-4H3;2*1H;/q2*-1;;;+2. The molecule has 21 heavy (non-hydrogen) atoms. The second-order valence-corrected chi connectivity index (χ2v) is 5.60. The SMILES string of the molecule is CC1=[C-]C(C)C(C)=C1C.CC1=[C-]C(C)C(C)=C1C.Cl.Cl.[Zr+2]. The zero-order chi connectivity index (χ0) is 14.0. The van der Waals surface area contributed by atoms with E-state index in [9.17, 15) is 0 Å². The van der Waals surface area contributed by atoms with Crippen molar-refractivity contribution in [1.82, 2.24) is 0 Å². The summed E-state index contributed by atoms with van der Waals surface area (Å²) in [7, 11) is 0. The zero-order valence-corrected chi connectivity index (χ0v) is 18.6. The Kier molecular flexibility index (Phi) is 13.8.